The number of rotatable bonds is 3. The van der Waals surface area contributed by atoms with Crippen molar-refractivity contribution in [3.63, 3.8) is 0 Å². The van der Waals surface area contributed by atoms with Crippen molar-refractivity contribution in [3.05, 3.63) is 64.1 Å². The fourth-order valence-corrected chi connectivity index (χ4v) is 2.35. The Hall–Kier alpha value is -2.14. The van der Waals surface area contributed by atoms with Crippen LogP contribution in [0, 0.1) is 6.92 Å². The Bertz CT molecular complexity index is 657. The Balaban J connectivity index is 1.92. The molecule has 0 bridgehead atoms. The SMILES string of the molecule is Cc1ccc(NC(=O)C(=O)NCc2ccccc2)c(Br)c1. The van der Waals surface area contributed by atoms with E-state index in [0.717, 1.165) is 15.6 Å². The maximum absolute atomic E-state index is 11.8. The highest BCUT2D eigenvalue weighted by molar-refractivity contribution is 9.10. The van der Waals surface area contributed by atoms with Gasteiger partial charge in [-0.25, -0.2) is 0 Å². The summed E-state index contributed by atoms with van der Waals surface area (Å²) in [6.45, 7) is 2.27. The summed E-state index contributed by atoms with van der Waals surface area (Å²) in [5.41, 5.74) is 2.57. The second-order valence-electron chi connectivity index (χ2n) is 4.61. The molecular formula is C16H15BrN2O2. The van der Waals surface area contributed by atoms with Gasteiger partial charge in [-0.2, -0.15) is 0 Å². The van der Waals surface area contributed by atoms with Gasteiger partial charge in [-0.15, -0.1) is 0 Å². The smallest absolute Gasteiger partial charge is 0.313 e. The van der Waals surface area contributed by atoms with Crippen LogP contribution in [0.15, 0.2) is 53.0 Å². The van der Waals surface area contributed by atoms with E-state index in [9.17, 15) is 9.59 Å². The Morgan fingerprint density at radius 3 is 2.43 bits per heavy atom. The van der Waals surface area contributed by atoms with E-state index in [1.54, 1.807) is 6.07 Å². The Labute approximate surface area is 131 Å². The molecule has 2 rings (SSSR count). The number of benzene rings is 2. The number of hydrogen-bond donors (Lipinski definition) is 2. The molecule has 0 radical (unpaired) electrons. The third kappa shape index (κ3) is 4.43. The highest BCUT2D eigenvalue weighted by Crippen LogP contribution is 2.23. The lowest BCUT2D eigenvalue weighted by Gasteiger charge is -2.08. The van der Waals surface area contributed by atoms with Crippen molar-refractivity contribution in [3.8, 4) is 0 Å². The fourth-order valence-electron chi connectivity index (χ4n) is 1.76. The van der Waals surface area contributed by atoms with Gasteiger partial charge in [0.2, 0.25) is 0 Å². The van der Waals surface area contributed by atoms with Gasteiger partial charge in [0, 0.05) is 11.0 Å². The summed E-state index contributed by atoms with van der Waals surface area (Å²) in [5, 5.41) is 5.16. The zero-order chi connectivity index (χ0) is 15.2. The maximum atomic E-state index is 11.8. The van der Waals surface area contributed by atoms with Crippen LogP contribution in [0.5, 0.6) is 0 Å². The third-order valence-electron chi connectivity index (χ3n) is 2.87. The molecular weight excluding hydrogens is 332 g/mol. The minimum Gasteiger partial charge on any atom is -0.344 e. The number of halogens is 1. The van der Waals surface area contributed by atoms with E-state index in [0.29, 0.717) is 12.2 Å². The molecule has 2 N–H and O–H groups in total. The quantitative estimate of drug-likeness (QED) is 0.839. The minimum atomic E-state index is -0.685. The van der Waals surface area contributed by atoms with Crippen LogP contribution in [0.3, 0.4) is 0 Å². The predicted molar refractivity (Wildman–Crippen MR) is 85.8 cm³/mol. The van der Waals surface area contributed by atoms with E-state index in [2.05, 4.69) is 26.6 Å². The van der Waals surface area contributed by atoms with Gasteiger partial charge in [0.15, 0.2) is 0 Å². The lowest BCUT2D eigenvalue weighted by Crippen LogP contribution is -2.35. The minimum absolute atomic E-state index is 0.322. The number of anilines is 1. The second-order valence-corrected chi connectivity index (χ2v) is 5.46. The highest BCUT2D eigenvalue weighted by Gasteiger charge is 2.14. The van der Waals surface area contributed by atoms with E-state index in [-0.39, 0.29) is 0 Å². The molecule has 0 aliphatic rings. The van der Waals surface area contributed by atoms with Crippen LogP contribution in [-0.4, -0.2) is 11.8 Å². The van der Waals surface area contributed by atoms with E-state index in [1.165, 1.54) is 0 Å². The molecule has 21 heavy (non-hydrogen) atoms. The van der Waals surface area contributed by atoms with Crippen LogP contribution in [-0.2, 0) is 16.1 Å². The van der Waals surface area contributed by atoms with Crippen LogP contribution < -0.4 is 10.6 Å². The molecule has 0 aromatic heterocycles. The third-order valence-corrected chi connectivity index (χ3v) is 3.53. The van der Waals surface area contributed by atoms with Crippen molar-refractivity contribution < 1.29 is 9.59 Å². The fraction of sp³-hybridized carbons (Fsp3) is 0.125. The van der Waals surface area contributed by atoms with Gasteiger partial charge in [0.05, 0.1) is 5.69 Å². The molecule has 0 fully saturated rings. The molecule has 0 aliphatic heterocycles. The lowest BCUT2D eigenvalue weighted by atomic mass is 10.2. The highest BCUT2D eigenvalue weighted by atomic mass is 79.9. The number of nitrogens with one attached hydrogen (secondary N) is 2. The molecule has 2 aromatic carbocycles. The summed E-state index contributed by atoms with van der Waals surface area (Å²) in [5.74, 6) is -1.35. The molecule has 2 amide bonds. The number of amides is 2. The molecule has 0 spiro atoms. The number of carbonyl (C=O) groups is 2. The molecule has 0 aliphatic carbocycles. The molecule has 108 valence electrons. The molecule has 5 heteroatoms. The largest absolute Gasteiger partial charge is 0.344 e. The molecule has 0 atom stereocenters. The van der Waals surface area contributed by atoms with Crippen molar-refractivity contribution >= 4 is 33.4 Å². The first kappa shape index (κ1) is 15.3. The van der Waals surface area contributed by atoms with E-state index >= 15 is 0 Å². The second kappa shape index (κ2) is 7.04. The van der Waals surface area contributed by atoms with Gasteiger partial charge < -0.3 is 10.6 Å². The first-order valence-electron chi connectivity index (χ1n) is 6.45. The number of aryl methyl sites for hydroxylation is 1. The molecule has 2 aromatic rings. The molecule has 0 heterocycles. The van der Waals surface area contributed by atoms with Crippen LogP contribution in [0.25, 0.3) is 0 Å². The Morgan fingerprint density at radius 1 is 1.05 bits per heavy atom. The normalized spacial score (nSPS) is 10.0. The first-order chi connectivity index (χ1) is 10.1. The van der Waals surface area contributed by atoms with E-state index < -0.39 is 11.8 Å². The summed E-state index contributed by atoms with van der Waals surface area (Å²) in [4.78, 5) is 23.6. The van der Waals surface area contributed by atoms with Crippen molar-refractivity contribution in [1.82, 2.24) is 5.32 Å². The standard InChI is InChI=1S/C16H15BrN2O2/c1-11-7-8-14(13(17)9-11)19-16(21)15(20)18-10-12-5-3-2-4-6-12/h2-9H,10H2,1H3,(H,18,20)(H,19,21). The molecule has 4 nitrogen and oxygen atoms in total. The number of carbonyl (C=O) groups excluding carboxylic acids is 2. The predicted octanol–water partition coefficient (Wildman–Crippen LogP) is 3.01. The summed E-state index contributed by atoms with van der Waals surface area (Å²) in [6.07, 6.45) is 0. The van der Waals surface area contributed by atoms with Gasteiger partial charge in [-0.05, 0) is 46.1 Å². The zero-order valence-electron chi connectivity index (χ0n) is 11.5. The van der Waals surface area contributed by atoms with Crippen LogP contribution in [0.2, 0.25) is 0 Å². The first-order valence-corrected chi connectivity index (χ1v) is 7.25. The van der Waals surface area contributed by atoms with Crippen LogP contribution in [0.1, 0.15) is 11.1 Å². The van der Waals surface area contributed by atoms with Crippen molar-refractivity contribution in [2.75, 3.05) is 5.32 Å². The monoisotopic (exact) mass is 346 g/mol. The average molecular weight is 347 g/mol. The van der Waals surface area contributed by atoms with Gasteiger partial charge in [0.25, 0.3) is 0 Å². The molecule has 0 saturated heterocycles. The summed E-state index contributed by atoms with van der Waals surface area (Å²) in [7, 11) is 0. The van der Waals surface area contributed by atoms with Crippen molar-refractivity contribution in [2.45, 2.75) is 13.5 Å². The van der Waals surface area contributed by atoms with Crippen molar-refractivity contribution in [2.24, 2.45) is 0 Å². The van der Waals surface area contributed by atoms with E-state index in [4.69, 9.17) is 0 Å². The average Bonchev–Trinajstić information content (AvgIpc) is 2.48. The molecule has 0 saturated carbocycles. The topological polar surface area (TPSA) is 58.2 Å². The number of hydrogen-bond acceptors (Lipinski definition) is 2. The maximum Gasteiger partial charge on any atom is 0.313 e. The summed E-state index contributed by atoms with van der Waals surface area (Å²) >= 11 is 3.35. The van der Waals surface area contributed by atoms with E-state index in [1.807, 2.05) is 49.4 Å². The lowest BCUT2D eigenvalue weighted by molar-refractivity contribution is -0.136. The Morgan fingerprint density at radius 2 is 1.76 bits per heavy atom. The van der Waals surface area contributed by atoms with Gasteiger partial charge in [-0.3, -0.25) is 9.59 Å². The zero-order valence-corrected chi connectivity index (χ0v) is 13.1. The Kier molecular flexibility index (Phi) is 5.11. The summed E-state index contributed by atoms with van der Waals surface area (Å²) in [6, 6.07) is 14.9. The molecule has 0 unspecified atom stereocenters. The van der Waals surface area contributed by atoms with Crippen molar-refractivity contribution in [1.29, 1.82) is 0 Å². The van der Waals surface area contributed by atoms with Gasteiger partial charge in [0.1, 0.15) is 0 Å². The van der Waals surface area contributed by atoms with Gasteiger partial charge >= 0.3 is 11.8 Å². The van der Waals surface area contributed by atoms with Crippen LogP contribution >= 0.6 is 15.9 Å². The summed E-state index contributed by atoms with van der Waals surface area (Å²) < 4.78 is 0.742. The van der Waals surface area contributed by atoms with Gasteiger partial charge in [-0.1, -0.05) is 36.4 Å². The van der Waals surface area contributed by atoms with Crippen LogP contribution in [0.4, 0.5) is 5.69 Å².